The van der Waals surface area contributed by atoms with Crippen molar-refractivity contribution in [2.75, 3.05) is 13.2 Å². The maximum absolute atomic E-state index is 14.9. The number of amides is 2. The summed E-state index contributed by atoms with van der Waals surface area (Å²) < 4.78 is 74.4. The van der Waals surface area contributed by atoms with Gasteiger partial charge in [-0.05, 0) is 94.7 Å². The van der Waals surface area contributed by atoms with Crippen LogP contribution >= 0.6 is 0 Å². The number of pyridine rings is 1. The summed E-state index contributed by atoms with van der Waals surface area (Å²) in [6, 6.07) is 4.61. The number of halogens is 2. The number of nitrogens with zero attached hydrogens (tertiary/aromatic N) is 2. The summed E-state index contributed by atoms with van der Waals surface area (Å²) in [6.07, 6.45) is 7.72. The summed E-state index contributed by atoms with van der Waals surface area (Å²) in [5, 5.41) is 1.51. The first-order valence-corrected chi connectivity index (χ1v) is 22.0. The van der Waals surface area contributed by atoms with Crippen molar-refractivity contribution in [3.8, 4) is 11.6 Å². The highest BCUT2D eigenvalue weighted by molar-refractivity contribution is 7.91. The number of fused-ring (bicyclic) bond motifs is 5. The van der Waals surface area contributed by atoms with E-state index in [0.29, 0.717) is 51.0 Å². The Bertz CT molecular complexity index is 2130. The van der Waals surface area contributed by atoms with Crippen LogP contribution in [0.15, 0.2) is 36.5 Å². The number of hydrogen-bond donors (Lipinski definition) is 1. The van der Waals surface area contributed by atoms with Crippen molar-refractivity contribution in [3.05, 3.63) is 42.1 Å². The van der Waals surface area contributed by atoms with Crippen LogP contribution in [0.2, 0.25) is 0 Å². The molecule has 7 rings (SSSR count). The third-order valence-electron chi connectivity index (χ3n) is 13.4. The van der Waals surface area contributed by atoms with Crippen molar-refractivity contribution in [2.24, 2.45) is 29.1 Å². The molecule has 3 fully saturated rings. The molecule has 7 atom stereocenters. The van der Waals surface area contributed by atoms with E-state index in [1.54, 1.807) is 13.1 Å². The van der Waals surface area contributed by atoms with E-state index in [9.17, 15) is 36.4 Å². The molecule has 2 aromatic rings. The molecule has 12 nitrogen and oxygen atoms in total. The van der Waals surface area contributed by atoms with E-state index >= 15 is 0 Å². The molecular weight excluding hydrogens is 773 g/mol. The lowest BCUT2D eigenvalue weighted by molar-refractivity contribution is -0.197. The molecular formula is C43H55F2N3O9S. The number of Topliss-reactive ketones (excluding diaryl/α,β-unsaturated/α-hetero) is 1. The number of benzene rings is 1. The number of nitrogens with one attached hydrogen (secondary N) is 1. The van der Waals surface area contributed by atoms with Crippen LogP contribution in [0.5, 0.6) is 11.6 Å². The predicted molar refractivity (Wildman–Crippen MR) is 211 cm³/mol. The van der Waals surface area contributed by atoms with Crippen molar-refractivity contribution >= 4 is 44.4 Å². The minimum absolute atomic E-state index is 0.0374. The van der Waals surface area contributed by atoms with Gasteiger partial charge in [-0.3, -0.25) is 23.9 Å². The van der Waals surface area contributed by atoms with Gasteiger partial charge in [-0.1, -0.05) is 32.1 Å². The molecule has 0 spiro atoms. The van der Waals surface area contributed by atoms with Crippen molar-refractivity contribution in [3.63, 3.8) is 0 Å². The fraction of sp³-hybridized carbons (Fsp3) is 0.651. The fourth-order valence-corrected chi connectivity index (χ4v) is 10.1. The van der Waals surface area contributed by atoms with Gasteiger partial charge in [0.15, 0.2) is 11.4 Å². The minimum atomic E-state index is -4.00. The molecule has 316 valence electrons. The Morgan fingerprint density at radius 3 is 2.53 bits per heavy atom. The molecule has 3 aliphatic heterocycles. The Balaban J connectivity index is 1.22. The van der Waals surface area contributed by atoms with E-state index in [4.69, 9.17) is 14.2 Å². The molecule has 5 aliphatic rings. The second-order valence-corrected chi connectivity index (χ2v) is 20.5. The van der Waals surface area contributed by atoms with Gasteiger partial charge in [0.2, 0.25) is 27.7 Å². The van der Waals surface area contributed by atoms with Gasteiger partial charge in [0.05, 0.1) is 41.7 Å². The highest BCUT2D eigenvalue weighted by atomic mass is 32.2. The van der Waals surface area contributed by atoms with Gasteiger partial charge >= 0.3 is 5.97 Å². The summed E-state index contributed by atoms with van der Waals surface area (Å²) in [5.41, 5.74) is -2.41. The van der Waals surface area contributed by atoms with Crippen LogP contribution in [-0.2, 0) is 40.4 Å². The number of carbonyl (C=O) groups excluding carboxylic acids is 4. The first-order chi connectivity index (χ1) is 27.1. The molecule has 15 heteroatoms. The van der Waals surface area contributed by atoms with E-state index in [2.05, 4.69) is 9.71 Å². The largest absolute Gasteiger partial charge is 0.492 e. The Hall–Kier alpha value is -4.14. The molecule has 2 amide bonds. The first kappa shape index (κ1) is 42.0. The average Bonchev–Trinajstić information content (AvgIpc) is 3.91. The highest BCUT2D eigenvalue weighted by Gasteiger charge is 2.63. The number of hydrogen-bond acceptors (Lipinski definition) is 10. The van der Waals surface area contributed by atoms with Crippen LogP contribution in [0.4, 0.5) is 8.78 Å². The van der Waals surface area contributed by atoms with Gasteiger partial charge in [-0.15, -0.1) is 0 Å². The number of esters is 1. The van der Waals surface area contributed by atoms with E-state index in [1.807, 2.05) is 44.2 Å². The van der Waals surface area contributed by atoms with Gasteiger partial charge < -0.3 is 19.1 Å². The smallest absolute Gasteiger partial charge is 0.307 e. The van der Waals surface area contributed by atoms with Gasteiger partial charge in [0.25, 0.3) is 5.92 Å². The van der Waals surface area contributed by atoms with Crippen molar-refractivity contribution in [2.45, 2.75) is 134 Å². The summed E-state index contributed by atoms with van der Waals surface area (Å²) in [5.74, 6) is -6.73. The maximum Gasteiger partial charge on any atom is 0.307 e. The van der Waals surface area contributed by atoms with Crippen LogP contribution in [0, 0.1) is 29.1 Å². The van der Waals surface area contributed by atoms with Crippen LogP contribution in [0.1, 0.15) is 105 Å². The number of rotatable bonds is 9. The minimum Gasteiger partial charge on any atom is -0.492 e. The van der Waals surface area contributed by atoms with Gasteiger partial charge in [-0.2, -0.15) is 0 Å². The standard InChI is InChI=1S/C43H55F2N3O9S/c1-25-9-7-8-10-28-22-43(28,39(52)47-58(53,54)41(5)15-16-41)23-34(49)33-20-29(56-37-31-12-11-27-14-18-55-36(27)30(31)13-17-46-37)24-48(33)38(51)32(26(2)19-25)21-35(50)57-40(3,4)42(6,44)45/h8,10-13,17,25-26,28-29,32-33H,7,9,14-16,18-24H2,1-6H3,(H,47,52)/b10-8-/t25-,26+,28+,29+,32-,33-,43+/m0/s1. The third-order valence-corrected chi connectivity index (χ3v) is 15.6. The Labute approximate surface area is 338 Å². The fourth-order valence-electron chi connectivity index (χ4n) is 8.81. The molecule has 2 saturated carbocycles. The second-order valence-electron chi connectivity index (χ2n) is 18.3. The lowest BCUT2D eigenvalue weighted by atomic mass is 9.82. The van der Waals surface area contributed by atoms with Crippen molar-refractivity contribution in [1.29, 1.82) is 0 Å². The van der Waals surface area contributed by atoms with E-state index in [-0.39, 0.29) is 43.5 Å². The monoisotopic (exact) mass is 827 g/mol. The predicted octanol–water partition coefficient (Wildman–Crippen LogP) is 6.48. The van der Waals surface area contributed by atoms with Gasteiger partial charge in [-0.25, -0.2) is 22.2 Å². The summed E-state index contributed by atoms with van der Waals surface area (Å²) in [7, 11) is -4.00. The third kappa shape index (κ3) is 8.08. The lowest BCUT2D eigenvalue weighted by Gasteiger charge is -2.34. The van der Waals surface area contributed by atoms with Gasteiger partial charge in [0.1, 0.15) is 11.9 Å². The van der Waals surface area contributed by atoms with Crippen LogP contribution < -0.4 is 14.2 Å². The SMILES string of the molecule is C[C@H]1CC/C=C\[C@@H]2C[C@@]2(C(=O)NS(=O)(=O)C2(C)CC2)CC(=O)[C@@H]2C[C@@H](Oc3nccc4c5c(ccc34)CCO5)CN2C(=O)[C@@H](CC(=O)OC(C)(C)C(C)(F)F)[C@H](C)C1. The molecule has 2 aliphatic carbocycles. The molecule has 1 saturated heterocycles. The molecule has 1 aromatic heterocycles. The maximum atomic E-state index is 14.9. The first-order valence-electron chi connectivity index (χ1n) is 20.5. The molecule has 58 heavy (non-hydrogen) atoms. The molecule has 0 unspecified atom stereocenters. The summed E-state index contributed by atoms with van der Waals surface area (Å²) in [4.78, 5) is 63.0. The lowest BCUT2D eigenvalue weighted by Crippen LogP contribution is -2.49. The highest BCUT2D eigenvalue weighted by Crippen LogP contribution is 2.58. The zero-order valence-electron chi connectivity index (χ0n) is 34.1. The number of sulfonamides is 1. The van der Waals surface area contributed by atoms with E-state index in [1.165, 1.54) is 4.90 Å². The molecule has 4 heterocycles. The zero-order chi connectivity index (χ0) is 42.0. The molecule has 0 bridgehead atoms. The number of carbonyl (C=O) groups is 4. The molecule has 0 radical (unpaired) electrons. The summed E-state index contributed by atoms with van der Waals surface area (Å²) >= 11 is 0. The zero-order valence-corrected chi connectivity index (χ0v) is 35.0. The summed E-state index contributed by atoms with van der Waals surface area (Å²) in [6.45, 7) is 8.87. The molecule has 1 N–H and O–H groups in total. The van der Waals surface area contributed by atoms with Crippen LogP contribution in [0.3, 0.4) is 0 Å². The van der Waals surface area contributed by atoms with Crippen molar-refractivity contribution < 1.29 is 50.6 Å². The van der Waals surface area contributed by atoms with E-state index in [0.717, 1.165) is 37.0 Å². The Morgan fingerprint density at radius 2 is 1.83 bits per heavy atom. The van der Waals surface area contributed by atoms with Crippen LogP contribution in [-0.4, -0.2) is 83.4 Å². The van der Waals surface area contributed by atoms with E-state index < -0.39 is 85.7 Å². The Kier molecular flexibility index (Phi) is 11.0. The number of allylic oxidation sites excluding steroid dienone is 2. The number of aromatic nitrogens is 1. The quantitative estimate of drug-likeness (QED) is 0.219. The normalized spacial score (nSPS) is 30.5. The van der Waals surface area contributed by atoms with Crippen molar-refractivity contribution in [1.82, 2.24) is 14.6 Å². The second kappa shape index (κ2) is 15.2. The van der Waals surface area contributed by atoms with Crippen LogP contribution in [0.25, 0.3) is 10.8 Å². The Morgan fingerprint density at radius 1 is 1.09 bits per heavy atom. The number of ether oxygens (including phenoxy) is 3. The number of alkyl halides is 2. The topological polar surface area (TPSA) is 158 Å². The van der Waals surface area contributed by atoms with Gasteiger partial charge in [0, 0.05) is 43.2 Å². The average molecular weight is 828 g/mol. The molecule has 1 aromatic carbocycles. The number of ketones is 1.